The standard InChI is InChI=1S/C19H29NO11/c21-7-11-13(23)15(25)16(26)18(29-11)31-19(17(27)14(24)12(8-22)30-19)9-28-20-6-10-4-2-1-3-5-10/h1-5,11-18,20-27H,6-9H2/t11-,12-,13-,14-,15+,16-,17+,18-,19+/m1/s1. The minimum Gasteiger partial charge on any atom is -0.394 e. The van der Waals surface area contributed by atoms with Crippen LogP contribution in [-0.2, 0) is 25.6 Å². The van der Waals surface area contributed by atoms with Crippen LogP contribution in [0.5, 0.6) is 0 Å². The SMILES string of the molecule is OC[C@H]1O[C@@](CONCc2ccccc2)(O[C@H]2O[C@H](CO)[C@@H](O)[C@H](O)[C@H]2O)[C@@H](O)[C@@H]1O. The van der Waals surface area contributed by atoms with Crippen LogP contribution in [0.3, 0.4) is 0 Å². The Hall–Kier alpha value is -1.26. The Labute approximate surface area is 178 Å². The number of hydrogen-bond donors (Lipinski definition) is 8. The van der Waals surface area contributed by atoms with E-state index in [0.717, 1.165) is 5.56 Å². The van der Waals surface area contributed by atoms with Crippen molar-refractivity contribution in [2.24, 2.45) is 0 Å². The minimum atomic E-state index is -2.11. The van der Waals surface area contributed by atoms with Crippen LogP contribution in [-0.4, -0.2) is 110 Å². The van der Waals surface area contributed by atoms with Gasteiger partial charge in [0.2, 0.25) is 5.79 Å². The van der Waals surface area contributed by atoms with E-state index in [4.69, 9.17) is 19.0 Å². The molecule has 9 atom stereocenters. The molecule has 0 spiro atoms. The third kappa shape index (κ3) is 5.22. The molecule has 0 aliphatic carbocycles. The Balaban J connectivity index is 1.72. The normalized spacial score (nSPS) is 40.9. The lowest BCUT2D eigenvalue weighted by atomic mass is 9.99. The predicted octanol–water partition coefficient (Wildman–Crippen LogP) is -3.67. The molecule has 2 saturated heterocycles. The van der Waals surface area contributed by atoms with Gasteiger partial charge in [0.1, 0.15) is 49.3 Å². The first-order valence-corrected chi connectivity index (χ1v) is 9.84. The fourth-order valence-corrected chi connectivity index (χ4v) is 3.50. The highest BCUT2D eigenvalue weighted by Crippen LogP contribution is 2.36. The molecule has 2 heterocycles. The third-order valence-electron chi connectivity index (χ3n) is 5.34. The van der Waals surface area contributed by atoms with Gasteiger partial charge in [-0.15, -0.1) is 0 Å². The average Bonchev–Trinajstić information content (AvgIpc) is 3.02. The lowest BCUT2D eigenvalue weighted by Gasteiger charge is -2.43. The molecule has 0 unspecified atom stereocenters. The van der Waals surface area contributed by atoms with Crippen molar-refractivity contribution in [1.29, 1.82) is 0 Å². The highest BCUT2D eigenvalue weighted by Gasteiger charge is 2.59. The molecule has 0 saturated carbocycles. The van der Waals surface area contributed by atoms with E-state index in [1.54, 1.807) is 0 Å². The summed E-state index contributed by atoms with van der Waals surface area (Å²) in [6.45, 7) is -1.55. The number of rotatable bonds is 9. The van der Waals surface area contributed by atoms with E-state index in [0.29, 0.717) is 6.54 Å². The second-order valence-electron chi connectivity index (χ2n) is 7.50. The molecule has 0 bridgehead atoms. The lowest BCUT2D eigenvalue weighted by molar-refractivity contribution is -0.387. The van der Waals surface area contributed by atoms with E-state index < -0.39 is 74.6 Å². The molecule has 0 amide bonds. The van der Waals surface area contributed by atoms with Gasteiger partial charge in [-0.2, -0.15) is 5.48 Å². The molecule has 3 rings (SSSR count). The van der Waals surface area contributed by atoms with Gasteiger partial charge >= 0.3 is 0 Å². The summed E-state index contributed by atoms with van der Waals surface area (Å²) in [5.74, 6) is -2.11. The molecule has 2 aliphatic rings. The highest BCUT2D eigenvalue weighted by atomic mass is 16.8. The van der Waals surface area contributed by atoms with Crippen LogP contribution in [0.1, 0.15) is 5.56 Å². The van der Waals surface area contributed by atoms with Gasteiger partial charge in [0.25, 0.3) is 0 Å². The van der Waals surface area contributed by atoms with Crippen LogP contribution in [0.4, 0.5) is 0 Å². The monoisotopic (exact) mass is 447 g/mol. The van der Waals surface area contributed by atoms with Crippen LogP contribution in [0.2, 0.25) is 0 Å². The Kier molecular flexibility index (Phi) is 8.31. The zero-order valence-corrected chi connectivity index (χ0v) is 16.6. The minimum absolute atomic E-state index is 0.291. The summed E-state index contributed by atoms with van der Waals surface area (Å²) in [6, 6.07) is 9.23. The van der Waals surface area contributed by atoms with E-state index >= 15 is 0 Å². The van der Waals surface area contributed by atoms with Crippen molar-refractivity contribution >= 4 is 0 Å². The van der Waals surface area contributed by atoms with E-state index in [-0.39, 0.29) is 0 Å². The molecule has 0 radical (unpaired) electrons. The fourth-order valence-electron chi connectivity index (χ4n) is 3.50. The number of hydroxylamine groups is 1. The zero-order valence-electron chi connectivity index (χ0n) is 16.6. The molecular weight excluding hydrogens is 418 g/mol. The summed E-state index contributed by atoms with van der Waals surface area (Å²) in [7, 11) is 0. The van der Waals surface area contributed by atoms with Crippen LogP contribution in [0.15, 0.2) is 30.3 Å². The maximum atomic E-state index is 10.6. The number of benzene rings is 1. The summed E-state index contributed by atoms with van der Waals surface area (Å²) >= 11 is 0. The summed E-state index contributed by atoms with van der Waals surface area (Å²) in [5.41, 5.74) is 3.55. The van der Waals surface area contributed by atoms with Gasteiger partial charge in [-0.1, -0.05) is 30.3 Å². The van der Waals surface area contributed by atoms with Crippen molar-refractivity contribution in [1.82, 2.24) is 5.48 Å². The summed E-state index contributed by atoms with van der Waals surface area (Å²) in [5, 5.41) is 69.7. The van der Waals surface area contributed by atoms with Crippen molar-refractivity contribution in [3.63, 3.8) is 0 Å². The number of aliphatic hydroxyl groups excluding tert-OH is 7. The largest absolute Gasteiger partial charge is 0.394 e. The molecule has 12 nitrogen and oxygen atoms in total. The molecular formula is C19H29NO11. The van der Waals surface area contributed by atoms with E-state index in [9.17, 15) is 35.7 Å². The molecule has 176 valence electrons. The average molecular weight is 447 g/mol. The molecule has 12 heteroatoms. The number of ether oxygens (including phenoxy) is 3. The number of hydrogen-bond acceptors (Lipinski definition) is 12. The fraction of sp³-hybridized carbons (Fsp3) is 0.684. The Morgan fingerprint density at radius 3 is 2.16 bits per heavy atom. The van der Waals surface area contributed by atoms with Gasteiger partial charge < -0.3 is 50.0 Å². The topological polar surface area (TPSA) is 191 Å². The summed E-state index contributed by atoms with van der Waals surface area (Å²) in [4.78, 5) is 5.36. The first-order chi connectivity index (χ1) is 14.8. The molecule has 8 N–H and O–H groups in total. The number of aliphatic hydroxyl groups is 7. The van der Waals surface area contributed by atoms with Gasteiger partial charge in [-0.05, 0) is 5.56 Å². The van der Waals surface area contributed by atoms with Crippen LogP contribution in [0.25, 0.3) is 0 Å². The third-order valence-corrected chi connectivity index (χ3v) is 5.34. The number of nitrogens with one attached hydrogen (secondary N) is 1. The molecule has 1 aromatic carbocycles. The second-order valence-corrected chi connectivity index (χ2v) is 7.50. The maximum Gasteiger partial charge on any atom is 0.226 e. The summed E-state index contributed by atoms with van der Waals surface area (Å²) in [6.07, 6.45) is -12.5. The maximum absolute atomic E-state index is 10.6. The molecule has 31 heavy (non-hydrogen) atoms. The van der Waals surface area contributed by atoms with Crippen molar-refractivity contribution < 1.29 is 54.8 Å². The molecule has 1 aromatic rings. The van der Waals surface area contributed by atoms with Gasteiger partial charge in [0, 0.05) is 6.54 Å². The Bertz CT molecular complexity index is 680. The Morgan fingerprint density at radius 2 is 1.55 bits per heavy atom. The predicted molar refractivity (Wildman–Crippen MR) is 101 cm³/mol. The smallest absolute Gasteiger partial charge is 0.226 e. The van der Waals surface area contributed by atoms with E-state index in [1.165, 1.54) is 0 Å². The van der Waals surface area contributed by atoms with Gasteiger partial charge in [-0.25, -0.2) is 0 Å². The summed E-state index contributed by atoms with van der Waals surface area (Å²) < 4.78 is 16.4. The second kappa shape index (κ2) is 10.6. The lowest BCUT2D eigenvalue weighted by Crippen LogP contribution is -2.63. The first kappa shape index (κ1) is 24.4. The quantitative estimate of drug-likeness (QED) is 0.137. The molecule has 2 fully saturated rings. The zero-order chi connectivity index (χ0) is 22.6. The molecule has 2 aliphatic heterocycles. The van der Waals surface area contributed by atoms with Gasteiger partial charge in [-0.3, -0.25) is 4.84 Å². The Morgan fingerprint density at radius 1 is 0.871 bits per heavy atom. The van der Waals surface area contributed by atoms with Crippen molar-refractivity contribution in [3.05, 3.63) is 35.9 Å². The van der Waals surface area contributed by atoms with Gasteiger partial charge in [0.05, 0.1) is 13.2 Å². The van der Waals surface area contributed by atoms with E-state index in [2.05, 4.69) is 5.48 Å². The van der Waals surface area contributed by atoms with Crippen molar-refractivity contribution in [3.8, 4) is 0 Å². The van der Waals surface area contributed by atoms with Crippen molar-refractivity contribution in [2.45, 2.75) is 61.3 Å². The van der Waals surface area contributed by atoms with Gasteiger partial charge in [0.15, 0.2) is 6.29 Å². The van der Waals surface area contributed by atoms with Crippen LogP contribution >= 0.6 is 0 Å². The molecule has 0 aromatic heterocycles. The highest BCUT2D eigenvalue weighted by molar-refractivity contribution is 5.13. The van der Waals surface area contributed by atoms with Crippen molar-refractivity contribution in [2.75, 3.05) is 19.8 Å². The van der Waals surface area contributed by atoms with Crippen LogP contribution in [0, 0.1) is 0 Å². The first-order valence-electron chi connectivity index (χ1n) is 9.84. The van der Waals surface area contributed by atoms with Crippen LogP contribution < -0.4 is 5.48 Å². The van der Waals surface area contributed by atoms with E-state index in [1.807, 2.05) is 30.3 Å².